The largest absolute Gasteiger partial charge is 0.494 e. The Bertz CT molecular complexity index is 1330. The van der Waals surface area contributed by atoms with E-state index in [1.807, 2.05) is 18.2 Å². The van der Waals surface area contributed by atoms with E-state index in [9.17, 15) is 9.59 Å². The average Bonchev–Trinajstić information content (AvgIpc) is 3.24. The van der Waals surface area contributed by atoms with Crippen molar-refractivity contribution in [3.8, 4) is 11.5 Å². The number of methoxy groups -OCH3 is 2. The van der Waals surface area contributed by atoms with Crippen molar-refractivity contribution in [2.24, 2.45) is 0 Å². The average molecular weight is 485 g/mol. The van der Waals surface area contributed by atoms with Crippen LogP contribution in [0.2, 0.25) is 10.0 Å². The molecule has 1 heterocycles. The molecule has 4 rings (SSSR count). The fourth-order valence-corrected chi connectivity index (χ4v) is 3.86. The number of nitrogens with one attached hydrogen (secondary N) is 2. The van der Waals surface area contributed by atoms with Crippen molar-refractivity contribution in [2.75, 3.05) is 24.9 Å². The van der Waals surface area contributed by atoms with E-state index >= 15 is 0 Å². The number of carbonyl (C=O) groups is 2. The van der Waals surface area contributed by atoms with Gasteiger partial charge in [-0.05, 0) is 36.4 Å². The van der Waals surface area contributed by atoms with Crippen LogP contribution >= 0.6 is 23.2 Å². The molecule has 0 aliphatic heterocycles. The van der Waals surface area contributed by atoms with Gasteiger partial charge in [-0.25, -0.2) is 0 Å². The Morgan fingerprint density at radius 3 is 2.39 bits per heavy atom. The number of hydrogen-bond donors (Lipinski definition) is 2. The zero-order valence-electron chi connectivity index (χ0n) is 17.6. The molecule has 0 fully saturated rings. The van der Waals surface area contributed by atoms with Gasteiger partial charge in [-0.15, -0.1) is 0 Å². The Balaban J connectivity index is 1.54. The van der Waals surface area contributed by atoms with Crippen molar-refractivity contribution < 1.29 is 23.5 Å². The minimum absolute atomic E-state index is 0.167. The molecule has 9 heteroatoms. The highest BCUT2D eigenvalue weighted by Crippen LogP contribution is 2.34. The predicted octanol–water partition coefficient (Wildman–Crippen LogP) is 6.26. The third kappa shape index (κ3) is 4.74. The molecule has 0 saturated heterocycles. The normalized spacial score (nSPS) is 10.7. The summed E-state index contributed by atoms with van der Waals surface area (Å²) in [6, 6.07) is 16.7. The van der Waals surface area contributed by atoms with Gasteiger partial charge in [-0.2, -0.15) is 0 Å². The zero-order valence-corrected chi connectivity index (χ0v) is 19.1. The van der Waals surface area contributed by atoms with Gasteiger partial charge in [0, 0.05) is 22.2 Å². The van der Waals surface area contributed by atoms with E-state index in [0.29, 0.717) is 27.7 Å². The molecule has 2 N–H and O–H groups in total. The first kappa shape index (κ1) is 22.5. The molecule has 0 radical (unpaired) electrons. The fraction of sp³-hybridized carbons (Fsp3) is 0.0833. The van der Waals surface area contributed by atoms with Crippen molar-refractivity contribution >= 4 is 57.4 Å². The molecule has 0 atom stereocenters. The first-order valence-corrected chi connectivity index (χ1v) is 10.5. The second-order valence-corrected chi connectivity index (χ2v) is 7.78. The third-order valence-electron chi connectivity index (χ3n) is 4.81. The van der Waals surface area contributed by atoms with E-state index < -0.39 is 11.8 Å². The van der Waals surface area contributed by atoms with Gasteiger partial charge in [-0.3, -0.25) is 9.59 Å². The molecule has 0 aliphatic rings. The predicted molar refractivity (Wildman–Crippen MR) is 128 cm³/mol. The number of carbonyl (C=O) groups excluding carboxylic acids is 2. The Morgan fingerprint density at radius 1 is 0.879 bits per heavy atom. The summed E-state index contributed by atoms with van der Waals surface area (Å²) >= 11 is 12.1. The summed E-state index contributed by atoms with van der Waals surface area (Å²) in [5.41, 5.74) is 1.63. The molecule has 0 saturated carbocycles. The quantitative estimate of drug-likeness (QED) is 0.337. The van der Waals surface area contributed by atoms with Crippen LogP contribution in [-0.4, -0.2) is 26.0 Å². The van der Waals surface area contributed by atoms with E-state index in [1.165, 1.54) is 26.4 Å². The second-order valence-electron chi connectivity index (χ2n) is 6.94. The van der Waals surface area contributed by atoms with E-state index in [0.717, 1.165) is 5.39 Å². The van der Waals surface area contributed by atoms with Gasteiger partial charge in [0.1, 0.15) is 17.1 Å². The number of hydrogen-bond acceptors (Lipinski definition) is 5. The smallest absolute Gasteiger partial charge is 0.291 e. The maximum atomic E-state index is 12.8. The van der Waals surface area contributed by atoms with Crippen molar-refractivity contribution in [1.29, 1.82) is 0 Å². The van der Waals surface area contributed by atoms with E-state index in [4.69, 9.17) is 37.1 Å². The minimum atomic E-state index is -0.475. The molecular weight excluding hydrogens is 467 g/mol. The molecule has 0 bridgehead atoms. The molecule has 168 valence electrons. The maximum absolute atomic E-state index is 12.8. The second kappa shape index (κ2) is 9.44. The lowest BCUT2D eigenvalue weighted by Gasteiger charge is -2.14. The molecule has 7 nitrogen and oxygen atoms in total. The lowest BCUT2D eigenvalue weighted by molar-refractivity contribution is 0.0995. The Morgan fingerprint density at radius 2 is 1.67 bits per heavy atom. The Kier molecular flexibility index (Phi) is 6.44. The van der Waals surface area contributed by atoms with Crippen LogP contribution in [0.4, 0.5) is 11.4 Å². The summed E-state index contributed by atoms with van der Waals surface area (Å²) in [5, 5.41) is 6.84. The fourth-order valence-electron chi connectivity index (χ4n) is 3.28. The number of halogens is 2. The van der Waals surface area contributed by atoms with E-state index in [-0.39, 0.29) is 22.1 Å². The van der Waals surface area contributed by atoms with Crippen LogP contribution < -0.4 is 20.1 Å². The van der Waals surface area contributed by atoms with Crippen LogP contribution in [0.1, 0.15) is 20.9 Å². The van der Waals surface area contributed by atoms with Crippen LogP contribution in [0, 0.1) is 0 Å². The first-order chi connectivity index (χ1) is 15.9. The molecule has 33 heavy (non-hydrogen) atoms. The summed E-state index contributed by atoms with van der Waals surface area (Å²) in [4.78, 5) is 25.5. The van der Waals surface area contributed by atoms with Crippen LogP contribution in [-0.2, 0) is 0 Å². The highest BCUT2D eigenvalue weighted by Gasteiger charge is 2.19. The number of rotatable bonds is 6. The Hall–Kier alpha value is -3.68. The molecule has 1 aromatic heterocycles. The number of fused-ring (bicyclic) bond motifs is 1. The summed E-state index contributed by atoms with van der Waals surface area (Å²) in [7, 11) is 2.87. The van der Waals surface area contributed by atoms with Gasteiger partial charge in [0.15, 0.2) is 5.76 Å². The van der Waals surface area contributed by atoms with Crippen LogP contribution in [0.15, 0.2) is 65.1 Å². The first-order valence-electron chi connectivity index (χ1n) is 9.72. The summed E-state index contributed by atoms with van der Waals surface area (Å²) in [6.07, 6.45) is 0. The molecule has 4 aromatic rings. The molecule has 2 amide bonds. The van der Waals surface area contributed by atoms with Crippen molar-refractivity contribution in [2.45, 2.75) is 0 Å². The van der Waals surface area contributed by atoms with Crippen molar-refractivity contribution in [3.63, 3.8) is 0 Å². The van der Waals surface area contributed by atoms with Crippen molar-refractivity contribution in [3.05, 3.63) is 82.0 Å². The maximum Gasteiger partial charge on any atom is 0.291 e. The zero-order chi connectivity index (χ0) is 23.5. The van der Waals surface area contributed by atoms with Gasteiger partial charge in [0.25, 0.3) is 11.8 Å². The monoisotopic (exact) mass is 484 g/mol. The van der Waals surface area contributed by atoms with Crippen LogP contribution in [0.25, 0.3) is 11.0 Å². The molecule has 3 aromatic carbocycles. The molecular formula is C24H18Cl2N2O5. The topological polar surface area (TPSA) is 89.8 Å². The number of amides is 2. The Labute approximate surface area is 199 Å². The number of para-hydroxylation sites is 1. The summed E-state index contributed by atoms with van der Waals surface area (Å²) < 4.78 is 16.2. The van der Waals surface area contributed by atoms with Crippen LogP contribution in [0.3, 0.4) is 0 Å². The summed E-state index contributed by atoms with van der Waals surface area (Å²) in [5.74, 6) is -0.189. The SMILES string of the molecule is COc1cc(NC(=O)c2cc(Cl)cc(Cl)c2OC)ccc1NC(=O)c1cc2ccccc2o1. The third-order valence-corrected chi connectivity index (χ3v) is 5.31. The van der Waals surface area contributed by atoms with Gasteiger partial charge in [0.2, 0.25) is 0 Å². The van der Waals surface area contributed by atoms with Gasteiger partial charge in [-0.1, -0.05) is 41.4 Å². The summed E-state index contributed by atoms with van der Waals surface area (Å²) in [6.45, 7) is 0. The minimum Gasteiger partial charge on any atom is -0.494 e. The van der Waals surface area contributed by atoms with Gasteiger partial charge in [0.05, 0.1) is 30.5 Å². The van der Waals surface area contributed by atoms with Crippen LogP contribution in [0.5, 0.6) is 11.5 Å². The van der Waals surface area contributed by atoms with Gasteiger partial charge < -0.3 is 24.5 Å². The lowest BCUT2D eigenvalue weighted by atomic mass is 10.1. The number of ether oxygens (including phenoxy) is 2. The number of anilines is 2. The standard InChI is InChI=1S/C24H18Cl2N2O5/c1-31-20-12-15(27-23(29)16-10-14(25)11-17(26)22(16)32-2)7-8-18(20)28-24(30)21-9-13-5-3-4-6-19(13)33-21/h3-12H,1-2H3,(H,27,29)(H,28,30). The highest BCUT2D eigenvalue weighted by molar-refractivity contribution is 6.36. The molecule has 0 unspecified atom stereocenters. The molecule has 0 aliphatic carbocycles. The molecule has 0 spiro atoms. The van der Waals surface area contributed by atoms with E-state index in [1.54, 1.807) is 30.3 Å². The lowest BCUT2D eigenvalue weighted by Crippen LogP contribution is -2.14. The van der Waals surface area contributed by atoms with Gasteiger partial charge >= 0.3 is 0 Å². The number of benzene rings is 3. The highest BCUT2D eigenvalue weighted by atomic mass is 35.5. The van der Waals surface area contributed by atoms with E-state index in [2.05, 4.69) is 10.6 Å². The number of furan rings is 1. The van der Waals surface area contributed by atoms with Crippen molar-refractivity contribution in [1.82, 2.24) is 0 Å².